The fourth-order valence-corrected chi connectivity index (χ4v) is 4.29. The number of pyridine rings is 2. The smallest absolute Gasteiger partial charge is 0.228 e. The van der Waals surface area contributed by atoms with E-state index in [0.29, 0.717) is 42.7 Å². The van der Waals surface area contributed by atoms with Crippen molar-refractivity contribution >= 4 is 22.8 Å². The van der Waals surface area contributed by atoms with Crippen LogP contribution in [0.1, 0.15) is 23.7 Å². The minimum atomic E-state index is -0.310. The van der Waals surface area contributed by atoms with Gasteiger partial charge >= 0.3 is 0 Å². The van der Waals surface area contributed by atoms with Crippen LogP contribution in [-0.4, -0.2) is 52.8 Å². The summed E-state index contributed by atoms with van der Waals surface area (Å²) in [4.78, 5) is 26.8. The van der Waals surface area contributed by atoms with E-state index in [1.54, 1.807) is 43.9 Å². The number of imidazole rings is 1. The van der Waals surface area contributed by atoms with Crippen LogP contribution in [0.3, 0.4) is 0 Å². The summed E-state index contributed by atoms with van der Waals surface area (Å²) in [6.07, 6.45) is 5.45. The first-order valence-electron chi connectivity index (χ1n) is 11.2. The number of carbonyl (C=O) groups is 1. The molecule has 1 saturated heterocycles. The van der Waals surface area contributed by atoms with E-state index < -0.39 is 0 Å². The Labute approximate surface area is 201 Å². The van der Waals surface area contributed by atoms with Gasteiger partial charge in [-0.3, -0.25) is 4.79 Å². The average molecular weight is 473 g/mol. The fourth-order valence-electron chi connectivity index (χ4n) is 4.29. The molecule has 0 N–H and O–H groups in total. The van der Waals surface area contributed by atoms with Gasteiger partial charge in [-0.25, -0.2) is 15.0 Å². The molecular weight excluding hydrogens is 450 g/mol. The summed E-state index contributed by atoms with van der Waals surface area (Å²) in [5.74, 6) is 2.41. The molecule has 1 fully saturated rings. The van der Waals surface area contributed by atoms with Gasteiger partial charge in [0, 0.05) is 30.8 Å². The Hall–Kier alpha value is -4.34. The van der Waals surface area contributed by atoms with Crippen molar-refractivity contribution in [3.63, 3.8) is 0 Å². The topological polar surface area (TPSA) is 101 Å². The Morgan fingerprint density at radius 2 is 2.00 bits per heavy atom. The fraction of sp³-hybridized carbons (Fsp3) is 0.280. The SMILES string of the molecule is COc1ccc(C2COc3cc(Cn4cnc5cc(N6CCC6=O)cnc54)cc(OC)c3O2)cn1. The highest BCUT2D eigenvalue weighted by molar-refractivity contribution is 6.00. The number of ether oxygens (including phenoxy) is 4. The molecule has 0 radical (unpaired) electrons. The maximum atomic E-state index is 11.7. The van der Waals surface area contributed by atoms with Crippen LogP contribution in [0.2, 0.25) is 0 Å². The van der Waals surface area contributed by atoms with Crippen LogP contribution in [0.4, 0.5) is 5.69 Å². The van der Waals surface area contributed by atoms with E-state index in [0.717, 1.165) is 34.5 Å². The Morgan fingerprint density at radius 1 is 1.09 bits per heavy atom. The molecule has 178 valence electrons. The van der Waals surface area contributed by atoms with E-state index in [2.05, 4.69) is 15.0 Å². The minimum absolute atomic E-state index is 0.111. The monoisotopic (exact) mass is 473 g/mol. The lowest BCUT2D eigenvalue weighted by Crippen LogP contribution is -2.43. The van der Waals surface area contributed by atoms with Crippen LogP contribution < -0.4 is 23.8 Å². The number of hydrogen-bond acceptors (Lipinski definition) is 8. The van der Waals surface area contributed by atoms with Gasteiger partial charge in [0.05, 0.1) is 39.0 Å². The molecule has 3 aromatic heterocycles. The molecule has 1 amide bonds. The molecule has 2 aliphatic heterocycles. The van der Waals surface area contributed by atoms with Gasteiger partial charge in [0.2, 0.25) is 17.5 Å². The molecule has 35 heavy (non-hydrogen) atoms. The van der Waals surface area contributed by atoms with Crippen LogP contribution in [0, 0.1) is 0 Å². The van der Waals surface area contributed by atoms with Gasteiger partial charge in [-0.15, -0.1) is 0 Å². The number of rotatable bonds is 6. The van der Waals surface area contributed by atoms with Crippen LogP contribution in [0.5, 0.6) is 23.1 Å². The zero-order chi connectivity index (χ0) is 23.9. The summed E-state index contributed by atoms with van der Waals surface area (Å²) in [7, 11) is 3.19. The Bertz CT molecular complexity index is 1400. The molecule has 0 aliphatic carbocycles. The number of aromatic nitrogens is 4. The van der Waals surface area contributed by atoms with Crippen LogP contribution in [-0.2, 0) is 11.3 Å². The van der Waals surface area contributed by atoms with Gasteiger partial charge in [0.25, 0.3) is 0 Å². The average Bonchev–Trinajstić information content (AvgIpc) is 3.28. The summed E-state index contributed by atoms with van der Waals surface area (Å²) in [6, 6.07) is 9.47. The van der Waals surface area contributed by atoms with Crippen molar-refractivity contribution < 1.29 is 23.7 Å². The molecule has 6 rings (SSSR count). The number of β-lactam (4-membered cyclic amide) rings is 1. The van der Waals surface area contributed by atoms with Crippen molar-refractivity contribution in [2.45, 2.75) is 19.1 Å². The van der Waals surface area contributed by atoms with Crippen molar-refractivity contribution in [2.24, 2.45) is 0 Å². The van der Waals surface area contributed by atoms with Crippen molar-refractivity contribution in [3.8, 4) is 23.1 Å². The highest BCUT2D eigenvalue weighted by atomic mass is 16.6. The molecule has 0 bridgehead atoms. The number of methoxy groups -OCH3 is 2. The van der Waals surface area contributed by atoms with Crippen LogP contribution in [0.15, 0.2) is 49.1 Å². The molecule has 10 heteroatoms. The number of anilines is 1. The van der Waals surface area contributed by atoms with E-state index in [4.69, 9.17) is 18.9 Å². The number of hydrogen-bond donors (Lipinski definition) is 0. The first-order chi connectivity index (χ1) is 17.1. The summed E-state index contributed by atoms with van der Waals surface area (Å²) in [5.41, 5.74) is 4.10. The van der Waals surface area contributed by atoms with Crippen molar-refractivity contribution in [2.75, 3.05) is 32.3 Å². The third-order valence-electron chi connectivity index (χ3n) is 6.25. The van der Waals surface area contributed by atoms with E-state index in [1.165, 1.54) is 0 Å². The van der Waals surface area contributed by atoms with Crippen molar-refractivity contribution in [1.29, 1.82) is 0 Å². The molecule has 4 aromatic rings. The zero-order valence-corrected chi connectivity index (χ0v) is 19.3. The van der Waals surface area contributed by atoms with Gasteiger partial charge in [0.1, 0.15) is 12.1 Å². The van der Waals surface area contributed by atoms with Gasteiger partial charge < -0.3 is 28.4 Å². The zero-order valence-electron chi connectivity index (χ0n) is 19.3. The predicted octanol–water partition coefficient (Wildman–Crippen LogP) is 3.14. The van der Waals surface area contributed by atoms with Crippen LogP contribution in [0.25, 0.3) is 11.2 Å². The molecule has 0 spiro atoms. The first kappa shape index (κ1) is 21.2. The number of amides is 1. The second kappa shape index (κ2) is 8.46. The summed E-state index contributed by atoms with van der Waals surface area (Å²) >= 11 is 0. The Kier molecular flexibility index (Phi) is 5.13. The third-order valence-corrected chi connectivity index (χ3v) is 6.25. The standard InChI is InChI=1S/C25H23N5O5/c1-32-19-7-15(8-20-24(19)35-21(13-34-20)16-3-4-22(33-2)26-10-16)12-29-14-28-18-9-17(11-27-25(18)29)30-6-5-23(30)31/h3-4,7-11,14,21H,5-6,12-13H2,1-2H3. The molecule has 1 aromatic carbocycles. The number of benzene rings is 1. The molecular formula is C25H23N5O5. The van der Waals surface area contributed by atoms with E-state index in [9.17, 15) is 4.79 Å². The predicted molar refractivity (Wildman–Crippen MR) is 126 cm³/mol. The summed E-state index contributed by atoms with van der Waals surface area (Å²) in [5, 5.41) is 0. The summed E-state index contributed by atoms with van der Waals surface area (Å²) in [6.45, 7) is 1.59. The Morgan fingerprint density at radius 3 is 2.71 bits per heavy atom. The van der Waals surface area contributed by atoms with Gasteiger partial charge in [-0.1, -0.05) is 0 Å². The quantitative estimate of drug-likeness (QED) is 0.394. The van der Waals surface area contributed by atoms with Gasteiger partial charge in [-0.2, -0.15) is 0 Å². The second-order valence-corrected chi connectivity index (χ2v) is 8.38. The highest BCUT2D eigenvalue weighted by Gasteiger charge is 2.28. The molecule has 2 aliphatic rings. The van der Waals surface area contributed by atoms with E-state index in [-0.39, 0.29) is 12.0 Å². The number of carbonyl (C=O) groups excluding carboxylic acids is 1. The molecule has 1 unspecified atom stereocenters. The Balaban J connectivity index is 1.25. The lowest BCUT2D eigenvalue weighted by Gasteiger charge is -2.30. The number of fused-ring (bicyclic) bond motifs is 2. The first-order valence-corrected chi connectivity index (χ1v) is 11.2. The van der Waals surface area contributed by atoms with E-state index >= 15 is 0 Å². The highest BCUT2D eigenvalue weighted by Crippen LogP contribution is 2.44. The van der Waals surface area contributed by atoms with Crippen molar-refractivity contribution in [3.05, 3.63) is 60.2 Å². The van der Waals surface area contributed by atoms with Gasteiger partial charge in [0.15, 0.2) is 23.3 Å². The van der Waals surface area contributed by atoms with Gasteiger partial charge in [-0.05, 0) is 29.8 Å². The molecule has 10 nitrogen and oxygen atoms in total. The molecule has 1 atom stereocenters. The lowest BCUT2D eigenvalue weighted by molar-refractivity contribution is -0.122. The lowest BCUT2D eigenvalue weighted by atomic mass is 10.1. The van der Waals surface area contributed by atoms with Crippen LogP contribution >= 0.6 is 0 Å². The molecule has 5 heterocycles. The minimum Gasteiger partial charge on any atom is -0.493 e. The van der Waals surface area contributed by atoms with E-state index in [1.807, 2.05) is 28.8 Å². The number of nitrogens with zero attached hydrogens (tertiary/aromatic N) is 5. The third kappa shape index (κ3) is 3.76. The maximum Gasteiger partial charge on any atom is 0.228 e. The second-order valence-electron chi connectivity index (χ2n) is 8.38. The maximum absolute atomic E-state index is 11.7. The molecule has 0 saturated carbocycles. The van der Waals surface area contributed by atoms with Crippen molar-refractivity contribution in [1.82, 2.24) is 19.5 Å². The normalized spacial score (nSPS) is 16.8. The largest absolute Gasteiger partial charge is 0.493 e. The summed E-state index contributed by atoms with van der Waals surface area (Å²) < 4.78 is 25.0.